The van der Waals surface area contributed by atoms with Gasteiger partial charge < -0.3 is 29.4 Å². The van der Waals surface area contributed by atoms with Crippen LogP contribution in [0.1, 0.15) is 33.4 Å². The molecule has 4 N–H and O–H groups in total. The molecule has 0 aliphatic carbocycles. The number of nitrogens with one attached hydrogen (secondary N) is 1. The van der Waals surface area contributed by atoms with Crippen molar-refractivity contribution in [1.82, 2.24) is 14.6 Å². The lowest BCUT2D eigenvalue weighted by molar-refractivity contribution is -0.169. The Kier molecular flexibility index (Phi) is 9.42. The van der Waals surface area contributed by atoms with E-state index in [4.69, 9.17) is 36.1 Å². The Morgan fingerprint density at radius 1 is 1.27 bits per heavy atom. The zero-order valence-electron chi connectivity index (χ0n) is 22.5. The van der Waals surface area contributed by atoms with Crippen molar-refractivity contribution < 1.29 is 37.2 Å². The number of aliphatic hydroxyl groups excluding tert-OH is 1. The zero-order chi connectivity index (χ0) is 29.9. The molecule has 5 atom stereocenters. The highest BCUT2D eigenvalue weighted by atomic mass is 32.5. The van der Waals surface area contributed by atoms with E-state index in [-0.39, 0.29) is 5.82 Å². The number of carbonyl (C=O) groups is 1. The van der Waals surface area contributed by atoms with E-state index in [1.807, 2.05) is 18.2 Å². The number of aliphatic hydroxyl groups is 1. The monoisotopic (exact) mass is 612 g/mol. The summed E-state index contributed by atoms with van der Waals surface area (Å²) >= 11 is 5.72. The maximum Gasteiger partial charge on any atom is 0.351 e. The summed E-state index contributed by atoms with van der Waals surface area (Å²) < 4.78 is 52.9. The second-order valence-corrected chi connectivity index (χ2v) is 13.0. The van der Waals surface area contributed by atoms with Crippen molar-refractivity contribution >= 4 is 41.0 Å². The van der Waals surface area contributed by atoms with E-state index in [1.165, 1.54) is 19.2 Å². The summed E-state index contributed by atoms with van der Waals surface area (Å²) in [6.07, 6.45) is -5.98. The quantitative estimate of drug-likeness (QED) is 0.216. The smallest absolute Gasteiger partial charge is 0.351 e. The number of nitrogen functional groups attached to an aromatic ring is 1. The summed E-state index contributed by atoms with van der Waals surface area (Å²) in [7, 11) is 0. The molecule has 1 aliphatic heterocycles. The Hall–Kier alpha value is -3.00. The molecular formula is C26H31F2N4O7PS. The fraction of sp³-hybridized carbons (Fsp3) is 0.423. The lowest BCUT2D eigenvalue weighted by Gasteiger charge is -2.32. The molecule has 1 aliphatic rings. The summed E-state index contributed by atoms with van der Waals surface area (Å²) in [4.78, 5) is 28.5. The van der Waals surface area contributed by atoms with Gasteiger partial charge in [0.2, 0.25) is 0 Å². The van der Waals surface area contributed by atoms with Gasteiger partial charge in [0, 0.05) is 18.0 Å². The number of benzene rings is 2. The van der Waals surface area contributed by atoms with Crippen molar-refractivity contribution in [1.29, 1.82) is 0 Å². The van der Waals surface area contributed by atoms with Crippen molar-refractivity contribution in [2.75, 3.05) is 12.3 Å². The molecule has 0 spiro atoms. The Morgan fingerprint density at radius 2 is 1.98 bits per heavy atom. The largest absolute Gasteiger partial charge is 0.462 e. The summed E-state index contributed by atoms with van der Waals surface area (Å²) in [5.41, 5.74) is 2.25. The van der Waals surface area contributed by atoms with Crippen LogP contribution in [0.2, 0.25) is 0 Å². The fourth-order valence-corrected chi connectivity index (χ4v) is 6.73. The number of aromatic nitrogens is 2. The first-order chi connectivity index (χ1) is 19.3. The SMILES string of the molecule is CC(C)OC(=O)[C@H](C)NP(=S)(OC[C@]1(C(F)F)C[C@@H](O)[C@H](n2ccc(N)nc2=O)O1)Oc1cccc2ccccc12. The molecule has 2 aromatic carbocycles. The lowest BCUT2D eigenvalue weighted by atomic mass is 10.0. The maximum absolute atomic E-state index is 14.6. The van der Waals surface area contributed by atoms with Crippen LogP contribution in [0.5, 0.6) is 5.75 Å². The van der Waals surface area contributed by atoms with Crippen LogP contribution in [-0.4, -0.2) is 57.5 Å². The van der Waals surface area contributed by atoms with E-state index in [0.29, 0.717) is 11.1 Å². The highest BCUT2D eigenvalue weighted by Crippen LogP contribution is 2.50. The number of hydrogen-bond acceptors (Lipinski definition) is 10. The molecule has 41 heavy (non-hydrogen) atoms. The molecule has 222 valence electrons. The lowest BCUT2D eigenvalue weighted by Crippen LogP contribution is -2.44. The van der Waals surface area contributed by atoms with Crippen molar-refractivity contribution in [3.63, 3.8) is 0 Å². The molecular weight excluding hydrogens is 581 g/mol. The number of fused-ring (bicyclic) bond motifs is 1. The molecule has 3 aromatic rings. The minimum Gasteiger partial charge on any atom is -0.462 e. The van der Waals surface area contributed by atoms with Gasteiger partial charge in [0.05, 0.1) is 12.7 Å². The van der Waals surface area contributed by atoms with E-state index in [1.54, 1.807) is 38.1 Å². The van der Waals surface area contributed by atoms with Crippen LogP contribution >= 0.6 is 6.64 Å². The van der Waals surface area contributed by atoms with Gasteiger partial charge in [-0.25, -0.2) is 18.7 Å². The number of hydrogen-bond donors (Lipinski definition) is 3. The Morgan fingerprint density at radius 3 is 2.66 bits per heavy atom. The van der Waals surface area contributed by atoms with Gasteiger partial charge in [-0.3, -0.25) is 9.36 Å². The number of carbonyl (C=O) groups excluding carboxylic acids is 1. The van der Waals surface area contributed by atoms with E-state index in [9.17, 15) is 23.5 Å². The molecule has 1 saturated heterocycles. The van der Waals surface area contributed by atoms with Gasteiger partial charge in [-0.05, 0) is 50.1 Å². The standard InChI is InChI=1S/C26H31F2N4O7PS/c1-15(2)37-23(34)16(3)31-40(41,39-20-10-6-8-17-7-4-5-9-18(17)20)36-14-26(24(27)28)13-19(33)22(38-26)32-12-11-21(29)30-25(32)35/h4-12,15-16,19,22,24,33H,13-14H2,1-3H3,(H,31,41)(H2,29,30,35)/t16-,19+,22+,26-,40?/m0/s1. The Labute approximate surface area is 239 Å². The predicted octanol–water partition coefficient (Wildman–Crippen LogP) is 3.51. The summed E-state index contributed by atoms with van der Waals surface area (Å²) in [5, 5.41) is 15.0. The van der Waals surface area contributed by atoms with Crippen molar-refractivity contribution in [2.45, 2.75) is 63.7 Å². The molecule has 1 unspecified atom stereocenters. The van der Waals surface area contributed by atoms with Crippen LogP contribution in [0.25, 0.3) is 10.8 Å². The van der Waals surface area contributed by atoms with Crippen LogP contribution in [-0.2, 0) is 30.6 Å². The van der Waals surface area contributed by atoms with Gasteiger partial charge in [-0.1, -0.05) is 36.4 Å². The number of halogens is 2. The molecule has 0 bridgehead atoms. The molecule has 0 radical (unpaired) electrons. The minimum atomic E-state index is -3.77. The summed E-state index contributed by atoms with van der Waals surface area (Å²) in [5.74, 6) is -0.422. The van der Waals surface area contributed by atoms with E-state index >= 15 is 0 Å². The van der Waals surface area contributed by atoms with Gasteiger partial charge in [0.25, 0.3) is 6.43 Å². The highest BCUT2D eigenvalue weighted by Gasteiger charge is 2.54. The number of esters is 1. The highest BCUT2D eigenvalue weighted by molar-refractivity contribution is 8.09. The zero-order valence-corrected chi connectivity index (χ0v) is 24.2. The van der Waals surface area contributed by atoms with E-state index in [0.717, 1.165) is 9.95 Å². The van der Waals surface area contributed by atoms with E-state index < -0.39 is 67.8 Å². The maximum atomic E-state index is 14.6. The molecule has 11 nitrogen and oxygen atoms in total. The average molecular weight is 613 g/mol. The van der Waals surface area contributed by atoms with Gasteiger partial charge >= 0.3 is 18.3 Å². The second-order valence-electron chi connectivity index (χ2n) is 9.86. The van der Waals surface area contributed by atoms with Crippen LogP contribution in [0.4, 0.5) is 14.6 Å². The third kappa shape index (κ3) is 7.08. The molecule has 0 amide bonds. The number of nitrogens with zero attached hydrogens (tertiary/aromatic N) is 2. The van der Waals surface area contributed by atoms with Gasteiger partial charge in [0.15, 0.2) is 11.8 Å². The van der Waals surface area contributed by atoms with Crippen LogP contribution in [0.3, 0.4) is 0 Å². The third-order valence-corrected chi connectivity index (χ3v) is 8.73. The average Bonchev–Trinajstić information content (AvgIpc) is 3.25. The van der Waals surface area contributed by atoms with E-state index in [2.05, 4.69) is 10.1 Å². The topological polar surface area (TPSA) is 147 Å². The number of rotatable bonds is 11. The fourth-order valence-electron chi connectivity index (χ4n) is 4.29. The first kappa shape index (κ1) is 30.9. The molecule has 2 heterocycles. The number of nitrogens with two attached hydrogens (primary N) is 1. The summed E-state index contributed by atoms with van der Waals surface area (Å²) in [6.45, 7) is 0.231. The Bertz CT molecular complexity index is 1500. The van der Waals surface area contributed by atoms with Crippen LogP contribution in [0, 0.1) is 0 Å². The van der Waals surface area contributed by atoms with Crippen molar-refractivity contribution in [3.8, 4) is 5.75 Å². The minimum absolute atomic E-state index is 0.0790. The van der Waals surface area contributed by atoms with Gasteiger partial charge in [-0.2, -0.15) is 4.98 Å². The first-order valence-corrected chi connectivity index (χ1v) is 15.4. The first-order valence-electron chi connectivity index (χ1n) is 12.7. The Balaban J connectivity index is 1.64. The molecule has 1 fully saturated rings. The van der Waals surface area contributed by atoms with Crippen molar-refractivity contribution in [3.05, 3.63) is 65.2 Å². The molecule has 4 rings (SSSR count). The number of alkyl halides is 2. The van der Waals surface area contributed by atoms with Crippen LogP contribution in [0.15, 0.2) is 59.5 Å². The number of ether oxygens (including phenoxy) is 2. The third-order valence-electron chi connectivity index (χ3n) is 6.27. The molecule has 1 aromatic heterocycles. The normalized spacial score (nSPS) is 23.0. The molecule has 0 saturated carbocycles. The van der Waals surface area contributed by atoms with Gasteiger partial charge in [-0.15, -0.1) is 0 Å². The predicted molar refractivity (Wildman–Crippen MR) is 151 cm³/mol. The van der Waals surface area contributed by atoms with Crippen molar-refractivity contribution in [2.24, 2.45) is 0 Å². The van der Waals surface area contributed by atoms with Crippen LogP contribution < -0.4 is 21.0 Å². The summed E-state index contributed by atoms with van der Waals surface area (Å²) in [6, 6.07) is 12.8. The second kappa shape index (κ2) is 12.5. The number of anilines is 1. The molecule has 15 heteroatoms. The van der Waals surface area contributed by atoms with Gasteiger partial charge in [0.1, 0.15) is 23.7 Å².